The molecule has 1 aromatic carbocycles. The maximum atomic E-state index is 12.8. The maximum absolute atomic E-state index is 12.8. The summed E-state index contributed by atoms with van der Waals surface area (Å²) in [7, 11) is -3.44. The van der Waals surface area contributed by atoms with Crippen molar-refractivity contribution in [3.8, 4) is 5.75 Å². The minimum Gasteiger partial charge on any atom is -0.478 e. The van der Waals surface area contributed by atoms with Crippen LogP contribution < -0.4 is 14.4 Å². The Morgan fingerprint density at radius 3 is 2.69 bits per heavy atom. The van der Waals surface area contributed by atoms with Crippen molar-refractivity contribution in [1.82, 2.24) is 5.32 Å². The molecule has 0 saturated heterocycles. The molecule has 0 aromatic heterocycles. The summed E-state index contributed by atoms with van der Waals surface area (Å²) < 4.78 is 31.8. The van der Waals surface area contributed by atoms with E-state index in [-0.39, 0.29) is 18.5 Å². The molecule has 26 heavy (non-hydrogen) atoms. The summed E-state index contributed by atoms with van der Waals surface area (Å²) in [6, 6.07) is 5.67. The molecule has 1 aromatic rings. The molecule has 3 aliphatic rings. The zero-order valence-corrected chi connectivity index (χ0v) is 16.1. The van der Waals surface area contributed by atoms with Gasteiger partial charge in [0.1, 0.15) is 5.75 Å². The molecule has 2 bridgehead atoms. The number of nitrogens with zero attached hydrogens (tertiary/aromatic N) is 1. The van der Waals surface area contributed by atoms with Crippen molar-refractivity contribution in [1.29, 1.82) is 0 Å². The minimum absolute atomic E-state index is 0.121. The van der Waals surface area contributed by atoms with Crippen molar-refractivity contribution in [2.45, 2.75) is 51.2 Å². The van der Waals surface area contributed by atoms with Crippen LogP contribution in [0.1, 0.15) is 37.7 Å². The first-order chi connectivity index (χ1) is 12.3. The Bertz CT molecular complexity index is 823. The van der Waals surface area contributed by atoms with E-state index in [4.69, 9.17) is 4.74 Å². The Kier molecular flexibility index (Phi) is 4.37. The molecule has 2 fully saturated rings. The average Bonchev–Trinajstić information content (AvgIpc) is 3.11. The quantitative estimate of drug-likeness (QED) is 0.875. The van der Waals surface area contributed by atoms with Gasteiger partial charge in [-0.15, -0.1) is 0 Å². The van der Waals surface area contributed by atoms with Gasteiger partial charge in [-0.05, 0) is 55.7 Å². The highest BCUT2D eigenvalue weighted by Crippen LogP contribution is 2.44. The van der Waals surface area contributed by atoms with E-state index in [1.807, 2.05) is 13.0 Å². The first-order valence-electron chi connectivity index (χ1n) is 9.36. The van der Waals surface area contributed by atoms with Gasteiger partial charge in [0, 0.05) is 19.0 Å². The third-order valence-electron chi connectivity index (χ3n) is 6.01. The number of ether oxygens (including phenoxy) is 1. The summed E-state index contributed by atoms with van der Waals surface area (Å²) in [6.45, 7) is 2.15. The summed E-state index contributed by atoms with van der Waals surface area (Å²) in [6.07, 6.45) is 5.64. The molecule has 6 nitrogen and oxygen atoms in total. The number of carbonyl (C=O) groups excluding carboxylic acids is 1. The normalized spacial score (nSPS) is 30.5. The third kappa shape index (κ3) is 3.29. The first-order valence-corrected chi connectivity index (χ1v) is 11.2. The minimum atomic E-state index is -3.44. The number of amides is 1. The van der Waals surface area contributed by atoms with Crippen molar-refractivity contribution in [2.75, 3.05) is 17.1 Å². The van der Waals surface area contributed by atoms with E-state index in [0.29, 0.717) is 23.8 Å². The molecule has 1 aliphatic heterocycles. The highest BCUT2D eigenvalue weighted by Gasteiger charge is 2.41. The topological polar surface area (TPSA) is 75.7 Å². The lowest BCUT2D eigenvalue weighted by molar-refractivity contribution is -0.129. The molecule has 0 spiro atoms. The number of anilines is 1. The zero-order chi connectivity index (χ0) is 18.5. The number of nitrogens with one attached hydrogen (secondary N) is 1. The van der Waals surface area contributed by atoms with E-state index in [2.05, 4.69) is 5.32 Å². The Morgan fingerprint density at radius 1 is 1.23 bits per heavy atom. The van der Waals surface area contributed by atoms with Gasteiger partial charge >= 0.3 is 0 Å². The van der Waals surface area contributed by atoms with Gasteiger partial charge < -0.3 is 10.1 Å². The number of benzene rings is 1. The van der Waals surface area contributed by atoms with Crippen LogP contribution in [0.3, 0.4) is 0 Å². The van der Waals surface area contributed by atoms with E-state index in [1.54, 1.807) is 12.1 Å². The molecule has 0 radical (unpaired) electrons. The molecule has 7 heteroatoms. The van der Waals surface area contributed by atoms with Crippen LogP contribution in [0.5, 0.6) is 5.75 Å². The smallest absolute Gasteiger partial charge is 0.261 e. The fraction of sp³-hybridized carbons (Fsp3) is 0.632. The van der Waals surface area contributed by atoms with Gasteiger partial charge in [-0.25, -0.2) is 8.42 Å². The second-order valence-corrected chi connectivity index (χ2v) is 9.90. The Morgan fingerprint density at radius 2 is 2.04 bits per heavy atom. The molecule has 4 atom stereocenters. The van der Waals surface area contributed by atoms with Crippen LogP contribution in [0.25, 0.3) is 0 Å². The maximum Gasteiger partial charge on any atom is 0.261 e. The van der Waals surface area contributed by atoms with E-state index in [9.17, 15) is 13.2 Å². The summed E-state index contributed by atoms with van der Waals surface area (Å²) in [5.41, 5.74) is 1.47. The average molecular weight is 378 g/mol. The van der Waals surface area contributed by atoms with Crippen molar-refractivity contribution in [3.05, 3.63) is 23.8 Å². The van der Waals surface area contributed by atoms with Gasteiger partial charge in [0.15, 0.2) is 6.10 Å². The second-order valence-electron chi connectivity index (χ2n) is 7.99. The molecule has 1 N–H and O–H groups in total. The number of rotatable bonds is 3. The van der Waals surface area contributed by atoms with Gasteiger partial charge in [0.05, 0.1) is 11.9 Å². The predicted octanol–water partition coefficient (Wildman–Crippen LogP) is 2.22. The van der Waals surface area contributed by atoms with Crippen molar-refractivity contribution in [3.63, 3.8) is 0 Å². The van der Waals surface area contributed by atoms with Crippen molar-refractivity contribution in [2.24, 2.45) is 11.8 Å². The number of sulfonamides is 1. The van der Waals surface area contributed by atoms with Crippen LogP contribution >= 0.6 is 0 Å². The van der Waals surface area contributed by atoms with Gasteiger partial charge in [-0.3, -0.25) is 9.10 Å². The lowest BCUT2D eigenvalue weighted by Gasteiger charge is -2.25. The summed E-state index contributed by atoms with van der Waals surface area (Å²) in [5.74, 6) is 1.68. The van der Waals surface area contributed by atoms with Crippen LogP contribution in [-0.4, -0.2) is 39.3 Å². The predicted molar refractivity (Wildman–Crippen MR) is 99.8 cm³/mol. The Labute approximate surface area is 155 Å². The molecule has 4 unspecified atom stereocenters. The largest absolute Gasteiger partial charge is 0.478 e. The monoisotopic (exact) mass is 378 g/mol. The number of fused-ring (bicyclic) bond motifs is 3. The van der Waals surface area contributed by atoms with E-state index in [0.717, 1.165) is 17.9 Å². The molecule has 4 rings (SSSR count). The van der Waals surface area contributed by atoms with Crippen molar-refractivity contribution >= 4 is 21.6 Å². The van der Waals surface area contributed by atoms with Crippen LogP contribution in [0.4, 0.5) is 5.69 Å². The highest BCUT2D eigenvalue weighted by atomic mass is 32.2. The summed E-state index contributed by atoms with van der Waals surface area (Å²) in [4.78, 5) is 12.8. The fourth-order valence-electron chi connectivity index (χ4n) is 4.72. The van der Waals surface area contributed by atoms with Gasteiger partial charge in [-0.1, -0.05) is 12.5 Å². The van der Waals surface area contributed by atoms with E-state index in [1.165, 1.54) is 29.8 Å². The number of aryl methyl sites for hydroxylation is 1. The Balaban J connectivity index is 1.54. The van der Waals surface area contributed by atoms with E-state index >= 15 is 0 Å². The molecule has 142 valence electrons. The van der Waals surface area contributed by atoms with Gasteiger partial charge in [0.2, 0.25) is 10.0 Å². The third-order valence-corrected chi connectivity index (χ3v) is 7.19. The molecule has 1 amide bonds. The van der Waals surface area contributed by atoms with Gasteiger partial charge in [-0.2, -0.15) is 0 Å². The Hall–Kier alpha value is -1.76. The molecular weight excluding hydrogens is 352 g/mol. The summed E-state index contributed by atoms with van der Waals surface area (Å²) >= 11 is 0. The molecule has 2 aliphatic carbocycles. The van der Waals surface area contributed by atoms with Crippen LogP contribution in [0.15, 0.2) is 18.2 Å². The molecule has 1 heterocycles. The lowest BCUT2D eigenvalue weighted by atomic mass is 9.95. The number of carbonyl (C=O) groups is 1. The molecular formula is C19H26N2O4S. The zero-order valence-electron chi connectivity index (χ0n) is 15.3. The van der Waals surface area contributed by atoms with E-state index < -0.39 is 16.1 Å². The molecule has 2 saturated carbocycles. The standard InChI is InChI=1S/C19H26N2O4S/c1-12-3-6-17-16(9-12)21(26(2,23)24)8-7-18(25-17)19(22)20-15-11-13-4-5-14(15)10-13/h3,6,9,13-15,18H,4-5,7-8,10-11H2,1-2H3,(H,20,22). The van der Waals surface area contributed by atoms with Gasteiger partial charge in [0.25, 0.3) is 5.91 Å². The number of hydrogen-bond acceptors (Lipinski definition) is 4. The SMILES string of the molecule is Cc1ccc2c(c1)N(S(C)(=O)=O)CCC(C(=O)NC1CC3CCC1C3)O2. The number of hydrogen-bond donors (Lipinski definition) is 1. The van der Waals surface area contributed by atoms with Crippen LogP contribution in [0, 0.1) is 18.8 Å². The van der Waals surface area contributed by atoms with Crippen LogP contribution in [0.2, 0.25) is 0 Å². The lowest BCUT2D eigenvalue weighted by Crippen LogP contribution is -2.46. The summed E-state index contributed by atoms with van der Waals surface area (Å²) in [5, 5.41) is 3.17. The highest BCUT2D eigenvalue weighted by molar-refractivity contribution is 7.92. The first kappa shape index (κ1) is 17.6. The van der Waals surface area contributed by atoms with Crippen LogP contribution in [-0.2, 0) is 14.8 Å². The van der Waals surface area contributed by atoms with Crippen molar-refractivity contribution < 1.29 is 17.9 Å². The fourth-order valence-corrected chi connectivity index (χ4v) is 5.65. The second kappa shape index (κ2) is 6.44.